The Balaban J connectivity index is 1.75. The second-order valence-electron chi connectivity index (χ2n) is 7.49. The van der Waals surface area contributed by atoms with Crippen LogP contribution in [0.15, 0.2) is 0 Å². The van der Waals surface area contributed by atoms with Crippen molar-refractivity contribution in [2.24, 2.45) is 16.7 Å². The van der Waals surface area contributed by atoms with Crippen molar-refractivity contribution in [1.29, 1.82) is 0 Å². The number of rotatable bonds is 1. The summed E-state index contributed by atoms with van der Waals surface area (Å²) in [6.07, 6.45) is 1.46. The van der Waals surface area contributed by atoms with E-state index in [2.05, 4.69) is 18.9 Å². The van der Waals surface area contributed by atoms with Gasteiger partial charge in [-0.3, -0.25) is 4.79 Å². The predicted molar refractivity (Wildman–Crippen MR) is 78.5 cm³/mol. The smallest absolute Gasteiger partial charge is 0.256 e. The molecule has 3 aliphatic rings. The Bertz CT molecular complexity index is 661. The van der Waals surface area contributed by atoms with Gasteiger partial charge in [0.15, 0.2) is 0 Å². The Kier molecular flexibility index (Phi) is 2.15. The molecule has 108 valence electrons. The molecule has 2 fully saturated rings. The summed E-state index contributed by atoms with van der Waals surface area (Å²) in [5.41, 5.74) is 3.06. The summed E-state index contributed by atoms with van der Waals surface area (Å²) in [5.74, 6) is 1.19. The van der Waals surface area contributed by atoms with E-state index in [1.54, 1.807) is 4.68 Å². The van der Waals surface area contributed by atoms with E-state index in [-0.39, 0.29) is 5.91 Å². The van der Waals surface area contributed by atoms with Gasteiger partial charge >= 0.3 is 0 Å². The zero-order valence-electron chi connectivity index (χ0n) is 12.1. The summed E-state index contributed by atoms with van der Waals surface area (Å²) in [6, 6.07) is 0. The molecule has 3 nitrogen and oxygen atoms in total. The minimum atomic E-state index is -0.933. The largest absolute Gasteiger partial charge is 0.272 e. The fourth-order valence-corrected chi connectivity index (χ4v) is 4.82. The third-order valence-electron chi connectivity index (χ3n) is 5.90. The van der Waals surface area contributed by atoms with Crippen molar-refractivity contribution < 1.29 is 4.79 Å². The quantitative estimate of drug-likeness (QED) is 0.741. The van der Waals surface area contributed by atoms with Crippen LogP contribution in [-0.4, -0.2) is 20.0 Å². The molecule has 0 radical (unpaired) electrons. The first-order valence-electron chi connectivity index (χ1n) is 7.12. The molecule has 20 heavy (non-hydrogen) atoms. The molecule has 0 bridgehead atoms. The van der Waals surface area contributed by atoms with Gasteiger partial charge in [-0.25, -0.2) is 4.68 Å². The Labute approximate surface area is 128 Å². The second kappa shape index (κ2) is 3.27. The van der Waals surface area contributed by atoms with Crippen LogP contribution in [0.4, 0.5) is 0 Å². The molecule has 2 saturated carbocycles. The molecular weight excluding hydrogens is 295 g/mol. The van der Waals surface area contributed by atoms with Crippen LogP contribution in [0, 0.1) is 23.7 Å². The highest BCUT2D eigenvalue weighted by atomic mass is 35.5. The molecule has 0 amide bonds. The van der Waals surface area contributed by atoms with Crippen LogP contribution in [0.25, 0.3) is 0 Å². The van der Waals surface area contributed by atoms with Gasteiger partial charge in [-0.15, -0.1) is 23.2 Å². The molecule has 3 atom stereocenters. The lowest BCUT2D eigenvalue weighted by Crippen LogP contribution is -2.27. The number of halogens is 2. The van der Waals surface area contributed by atoms with Crippen LogP contribution in [0.5, 0.6) is 0 Å². The summed E-state index contributed by atoms with van der Waals surface area (Å²) >= 11 is 12.3. The lowest BCUT2D eigenvalue weighted by molar-refractivity contribution is 0.0802. The lowest BCUT2D eigenvalue weighted by atomic mass is 9.98. The van der Waals surface area contributed by atoms with Crippen LogP contribution in [0.3, 0.4) is 0 Å². The Hall–Kier alpha value is -0.540. The van der Waals surface area contributed by atoms with Crippen LogP contribution in [-0.2, 0) is 6.42 Å². The number of alkyl halides is 2. The van der Waals surface area contributed by atoms with E-state index in [0.29, 0.717) is 23.7 Å². The van der Waals surface area contributed by atoms with Crippen LogP contribution in [0.1, 0.15) is 54.9 Å². The van der Waals surface area contributed by atoms with Gasteiger partial charge in [0, 0.05) is 5.56 Å². The fourth-order valence-electron chi connectivity index (χ4n) is 4.13. The molecular formula is C15H18Cl2N2O. The van der Waals surface area contributed by atoms with E-state index in [1.165, 1.54) is 5.56 Å². The van der Waals surface area contributed by atoms with Crippen molar-refractivity contribution in [2.45, 2.75) is 50.8 Å². The third-order valence-corrected chi connectivity index (χ3v) is 7.00. The van der Waals surface area contributed by atoms with E-state index < -0.39 is 9.75 Å². The Morgan fingerprint density at radius 3 is 2.50 bits per heavy atom. The van der Waals surface area contributed by atoms with Crippen molar-refractivity contribution in [1.82, 2.24) is 9.78 Å². The van der Waals surface area contributed by atoms with E-state index in [1.807, 2.05) is 13.8 Å². The van der Waals surface area contributed by atoms with Crippen molar-refractivity contribution in [3.05, 3.63) is 17.0 Å². The fraction of sp³-hybridized carbons (Fsp3) is 0.733. The standard InChI is InChI=1S/C15H18Cl2N2O/c1-7-10-9(5-8-11(10)13(8,2)3)19(18-7)12(20)14(4)6-15(14,16)17/h8,11H,5-6H2,1-4H3/t8-,11-,14+/m1/s1. The second-order valence-corrected chi connectivity index (χ2v) is 8.97. The first-order valence-corrected chi connectivity index (χ1v) is 7.88. The van der Waals surface area contributed by atoms with Gasteiger partial charge in [-0.05, 0) is 43.9 Å². The molecule has 0 saturated heterocycles. The van der Waals surface area contributed by atoms with Crippen molar-refractivity contribution in [3.8, 4) is 0 Å². The Morgan fingerprint density at radius 2 is 1.95 bits per heavy atom. The topological polar surface area (TPSA) is 34.9 Å². The molecule has 0 aromatic carbocycles. The number of carbonyl (C=O) groups excluding carboxylic acids is 1. The van der Waals surface area contributed by atoms with E-state index in [9.17, 15) is 4.79 Å². The summed E-state index contributed by atoms with van der Waals surface area (Å²) in [6.45, 7) is 8.44. The van der Waals surface area contributed by atoms with Gasteiger partial charge < -0.3 is 0 Å². The molecule has 0 N–H and O–H groups in total. The number of nitrogens with zero attached hydrogens (tertiary/aromatic N) is 2. The molecule has 1 aromatic rings. The number of hydrogen-bond acceptors (Lipinski definition) is 2. The van der Waals surface area contributed by atoms with E-state index in [0.717, 1.165) is 17.8 Å². The SMILES string of the molecule is Cc1nn(C(=O)[C@]2(C)CC2(Cl)Cl)c2c1[C@H]1[C@@H](C2)C1(C)C. The average molecular weight is 313 g/mol. The van der Waals surface area contributed by atoms with Crippen LogP contribution >= 0.6 is 23.2 Å². The number of aryl methyl sites for hydroxylation is 1. The molecule has 0 aliphatic heterocycles. The third kappa shape index (κ3) is 1.29. The first kappa shape index (κ1) is 13.1. The zero-order valence-corrected chi connectivity index (χ0v) is 13.6. The predicted octanol–water partition coefficient (Wildman–Crippen LogP) is 3.71. The van der Waals surface area contributed by atoms with Crippen LogP contribution in [0.2, 0.25) is 0 Å². The summed E-state index contributed by atoms with van der Waals surface area (Å²) < 4.78 is 0.664. The average Bonchev–Trinajstić information content (AvgIpc) is 2.88. The minimum absolute atomic E-state index is 0.0500. The van der Waals surface area contributed by atoms with Gasteiger partial charge in [0.25, 0.3) is 5.91 Å². The minimum Gasteiger partial charge on any atom is -0.272 e. The maximum absolute atomic E-state index is 12.7. The lowest BCUT2D eigenvalue weighted by Gasteiger charge is -2.14. The molecule has 5 heteroatoms. The molecule has 0 spiro atoms. The van der Waals surface area contributed by atoms with Crippen molar-refractivity contribution in [2.75, 3.05) is 0 Å². The number of aromatic nitrogens is 2. The summed E-state index contributed by atoms with van der Waals surface area (Å²) in [5, 5.41) is 4.50. The van der Waals surface area contributed by atoms with Gasteiger partial charge in [-0.1, -0.05) is 13.8 Å². The van der Waals surface area contributed by atoms with Gasteiger partial charge in [0.05, 0.1) is 16.8 Å². The van der Waals surface area contributed by atoms with E-state index >= 15 is 0 Å². The summed E-state index contributed by atoms with van der Waals surface area (Å²) in [4.78, 5) is 12.7. The van der Waals surface area contributed by atoms with Crippen molar-refractivity contribution in [3.63, 3.8) is 0 Å². The van der Waals surface area contributed by atoms with Crippen molar-refractivity contribution >= 4 is 29.1 Å². The molecule has 1 aromatic heterocycles. The normalized spacial score (nSPS) is 38.3. The van der Waals surface area contributed by atoms with Gasteiger partial charge in [-0.2, -0.15) is 5.10 Å². The molecule has 3 aliphatic carbocycles. The molecule has 0 unspecified atom stereocenters. The number of fused-ring (bicyclic) bond motifs is 3. The highest BCUT2D eigenvalue weighted by Crippen LogP contribution is 2.71. The van der Waals surface area contributed by atoms with Gasteiger partial charge in [0.2, 0.25) is 0 Å². The number of carbonyl (C=O) groups is 1. The first-order chi connectivity index (χ1) is 9.11. The van der Waals surface area contributed by atoms with E-state index in [4.69, 9.17) is 23.2 Å². The molecule has 4 rings (SSSR count). The monoisotopic (exact) mass is 312 g/mol. The highest BCUT2D eigenvalue weighted by Gasteiger charge is 2.70. The molecule has 1 heterocycles. The maximum Gasteiger partial charge on any atom is 0.256 e. The maximum atomic E-state index is 12.7. The summed E-state index contributed by atoms with van der Waals surface area (Å²) in [7, 11) is 0. The number of hydrogen-bond donors (Lipinski definition) is 0. The Morgan fingerprint density at radius 1 is 1.35 bits per heavy atom. The highest BCUT2D eigenvalue weighted by molar-refractivity contribution is 6.53. The van der Waals surface area contributed by atoms with Crippen LogP contribution < -0.4 is 0 Å². The zero-order chi connectivity index (χ0) is 14.7. The van der Waals surface area contributed by atoms with Gasteiger partial charge in [0.1, 0.15) is 4.33 Å².